The molecule has 0 saturated carbocycles. The molecule has 2 heterocycles. The van der Waals surface area contributed by atoms with Crippen LogP contribution in [0.4, 0.5) is 5.69 Å². The molecular formula is C19H20ClN3O4S. The monoisotopic (exact) mass is 421 g/mol. The Balaban J connectivity index is 1.83. The first kappa shape index (κ1) is 20.4. The molecule has 1 aliphatic heterocycles. The number of aromatic amines is 1. The van der Waals surface area contributed by atoms with Crippen LogP contribution in [-0.2, 0) is 16.0 Å². The number of imide groups is 1. The number of nitrogens with zero attached hydrogens (tertiary/aromatic N) is 2. The molecule has 9 heteroatoms. The Morgan fingerprint density at radius 3 is 2.79 bits per heavy atom. The molecule has 0 aliphatic carbocycles. The topological polar surface area (TPSA) is 103 Å². The second-order valence-corrected chi connectivity index (χ2v) is 8.21. The minimum atomic E-state index is -0.741. The van der Waals surface area contributed by atoms with Gasteiger partial charge in [0, 0.05) is 11.4 Å². The number of rotatable bonds is 6. The summed E-state index contributed by atoms with van der Waals surface area (Å²) >= 11 is 6.97. The Morgan fingerprint density at radius 1 is 1.36 bits per heavy atom. The van der Waals surface area contributed by atoms with E-state index < -0.39 is 16.7 Å². The van der Waals surface area contributed by atoms with Gasteiger partial charge in [0.1, 0.15) is 5.25 Å². The molecule has 0 spiro atoms. The lowest BCUT2D eigenvalue weighted by Crippen LogP contribution is -2.31. The van der Waals surface area contributed by atoms with Gasteiger partial charge in [-0.1, -0.05) is 42.8 Å². The molecular weight excluding hydrogens is 402 g/mol. The van der Waals surface area contributed by atoms with Gasteiger partial charge < -0.3 is 10.1 Å². The highest BCUT2D eigenvalue weighted by molar-refractivity contribution is 8.00. The number of hydrogen-bond acceptors (Lipinski definition) is 6. The van der Waals surface area contributed by atoms with E-state index in [1.807, 2.05) is 6.92 Å². The summed E-state index contributed by atoms with van der Waals surface area (Å²) in [6.07, 6.45) is 2.04. The molecule has 1 atom stereocenters. The molecule has 0 radical (unpaired) electrons. The maximum absolute atomic E-state index is 12.8. The SMILES string of the molecule is CCCCc1c(O)nc(S[C@H]2CC(=O)N(c3cc(Cl)ccc3C)C2=O)[nH]c1=O. The Labute approximate surface area is 171 Å². The summed E-state index contributed by atoms with van der Waals surface area (Å²) in [5.74, 6) is -1.09. The highest BCUT2D eigenvalue weighted by atomic mass is 35.5. The highest BCUT2D eigenvalue weighted by Crippen LogP contribution is 2.35. The van der Waals surface area contributed by atoms with E-state index in [2.05, 4.69) is 9.97 Å². The fraction of sp³-hybridized carbons (Fsp3) is 0.368. The van der Waals surface area contributed by atoms with Crippen molar-refractivity contribution in [2.45, 2.75) is 49.9 Å². The van der Waals surface area contributed by atoms with Gasteiger partial charge in [-0.3, -0.25) is 14.4 Å². The Bertz CT molecular complexity index is 992. The minimum absolute atomic E-state index is 0.0302. The number of H-pyrrole nitrogens is 1. The van der Waals surface area contributed by atoms with Crippen molar-refractivity contribution in [1.82, 2.24) is 9.97 Å². The summed E-state index contributed by atoms with van der Waals surface area (Å²) in [5, 5.41) is 9.86. The fourth-order valence-corrected chi connectivity index (χ4v) is 4.17. The van der Waals surface area contributed by atoms with Crippen molar-refractivity contribution in [3.8, 4) is 5.88 Å². The van der Waals surface area contributed by atoms with E-state index in [-0.39, 0.29) is 28.9 Å². The molecule has 1 fully saturated rings. The lowest BCUT2D eigenvalue weighted by atomic mass is 10.1. The van der Waals surface area contributed by atoms with E-state index in [0.717, 1.165) is 35.1 Å². The number of unbranched alkanes of at least 4 members (excludes halogenated alkanes) is 1. The molecule has 2 amide bonds. The number of benzene rings is 1. The van der Waals surface area contributed by atoms with Crippen LogP contribution >= 0.6 is 23.4 Å². The summed E-state index contributed by atoms with van der Waals surface area (Å²) in [5.41, 5.74) is 1.00. The number of anilines is 1. The highest BCUT2D eigenvalue weighted by Gasteiger charge is 2.41. The first-order chi connectivity index (χ1) is 13.3. The second-order valence-electron chi connectivity index (χ2n) is 6.59. The predicted octanol–water partition coefficient (Wildman–Crippen LogP) is 3.20. The van der Waals surface area contributed by atoms with Gasteiger partial charge in [-0.15, -0.1) is 0 Å². The zero-order valence-electron chi connectivity index (χ0n) is 15.5. The van der Waals surface area contributed by atoms with Crippen molar-refractivity contribution in [2.24, 2.45) is 0 Å². The van der Waals surface area contributed by atoms with Crippen LogP contribution < -0.4 is 10.5 Å². The smallest absolute Gasteiger partial charge is 0.258 e. The normalized spacial score (nSPS) is 16.8. The molecule has 1 aromatic carbocycles. The van der Waals surface area contributed by atoms with Gasteiger partial charge in [0.2, 0.25) is 17.7 Å². The van der Waals surface area contributed by atoms with Crippen LogP contribution in [0.5, 0.6) is 5.88 Å². The van der Waals surface area contributed by atoms with Crippen molar-refractivity contribution in [3.63, 3.8) is 0 Å². The Hall–Kier alpha value is -2.32. The third-order valence-corrected chi connectivity index (χ3v) is 5.83. The van der Waals surface area contributed by atoms with Gasteiger partial charge in [0.25, 0.3) is 5.56 Å². The van der Waals surface area contributed by atoms with Crippen molar-refractivity contribution < 1.29 is 14.7 Å². The van der Waals surface area contributed by atoms with Crippen LogP contribution in [0.3, 0.4) is 0 Å². The Kier molecular flexibility index (Phi) is 6.10. The van der Waals surface area contributed by atoms with Crippen molar-refractivity contribution in [1.29, 1.82) is 0 Å². The molecule has 28 heavy (non-hydrogen) atoms. The fourth-order valence-electron chi connectivity index (χ4n) is 3.01. The first-order valence-electron chi connectivity index (χ1n) is 8.93. The summed E-state index contributed by atoms with van der Waals surface area (Å²) in [6, 6.07) is 5.01. The lowest BCUT2D eigenvalue weighted by molar-refractivity contribution is -0.121. The van der Waals surface area contributed by atoms with E-state index >= 15 is 0 Å². The number of carbonyl (C=O) groups is 2. The van der Waals surface area contributed by atoms with Crippen molar-refractivity contribution >= 4 is 40.9 Å². The van der Waals surface area contributed by atoms with Crippen LogP contribution in [0.25, 0.3) is 0 Å². The molecule has 2 N–H and O–H groups in total. The number of halogens is 1. The average molecular weight is 422 g/mol. The second kappa shape index (κ2) is 8.36. The largest absolute Gasteiger partial charge is 0.493 e. The lowest BCUT2D eigenvalue weighted by Gasteiger charge is -2.17. The third kappa shape index (κ3) is 4.07. The molecule has 1 aliphatic rings. The molecule has 7 nitrogen and oxygen atoms in total. The predicted molar refractivity (Wildman–Crippen MR) is 108 cm³/mol. The number of aryl methyl sites for hydroxylation is 1. The van der Waals surface area contributed by atoms with E-state index in [9.17, 15) is 19.5 Å². The standard InChI is InChI=1S/C19H20ClN3O4S/c1-3-4-5-12-16(25)21-19(22-17(12)26)28-14-9-15(24)23(18(14)27)13-8-11(20)7-6-10(13)2/h6-8,14H,3-5,9H2,1-2H3,(H2,21,22,25,26)/t14-/m0/s1. The van der Waals surface area contributed by atoms with Gasteiger partial charge >= 0.3 is 0 Å². The molecule has 1 aromatic heterocycles. The van der Waals surface area contributed by atoms with Crippen LogP contribution in [-0.4, -0.2) is 32.1 Å². The van der Waals surface area contributed by atoms with E-state index in [4.69, 9.17) is 11.6 Å². The summed E-state index contributed by atoms with van der Waals surface area (Å²) < 4.78 is 0. The van der Waals surface area contributed by atoms with Gasteiger partial charge in [-0.25, -0.2) is 4.90 Å². The molecule has 148 valence electrons. The number of aromatic nitrogens is 2. The van der Waals surface area contributed by atoms with Gasteiger partial charge in [0.05, 0.1) is 11.3 Å². The van der Waals surface area contributed by atoms with E-state index in [0.29, 0.717) is 17.1 Å². The van der Waals surface area contributed by atoms with Gasteiger partial charge in [0.15, 0.2) is 5.16 Å². The van der Waals surface area contributed by atoms with E-state index in [1.54, 1.807) is 25.1 Å². The zero-order chi connectivity index (χ0) is 20.4. The van der Waals surface area contributed by atoms with Crippen LogP contribution in [0.15, 0.2) is 28.2 Å². The van der Waals surface area contributed by atoms with Crippen molar-refractivity contribution in [3.05, 3.63) is 44.7 Å². The Morgan fingerprint density at radius 2 is 2.11 bits per heavy atom. The quantitative estimate of drug-likeness (QED) is 0.548. The van der Waals surface area contributed by atoms with E-state index in [1.165, 1.54) is 0 Å². The molecule has 0 unspecified atom stereocenters. The van der Waals surface area contributed by atoms with Crippen LogP contribution in [0, 0.1) is 6.92 Å². The zero-order valence-corrected chi connectivity index (χ0v) is 17.1. The third-order valence-electron chi connectivity index (χ3n) is 4.52. The van der Waals surface area contributed by atoms with Crippen molar-refractivity contribution in [2.75, 3.05) is 4.90 Å². The van der Waals surface area contributed by atoms with Crippen LogP contribution in [0.1, 0.15) is 37.3 Å². The number of thioether (sulfide) groups is 1. The number of hydrogen-bond donors (Lipinski definition) is 2. The molecule has 1 saturated heterocycles. The number of amides is 2. The average Bonchev–Trinajstić information content (AvgIpc) is 2.90. The van der Waals surface area contributed by atoms with Gasteiger partial charge in [-0.05, 0) is 37.5 Å². The summed E-state index contributed by atoms with van der Waals surface area (Å²) in [4.78, 5) is 45.2. The number of nitrogens with one attached hydrogen (secondary N) is 1. The number of aromatic hydroxyl groups is 1. The summed E-state index contributed by atoms with van der Waals surface area (Å²) in [7, 11) is 0. The number of carbonyl (C=O) groups excluding carboxylic acids is 2. The maximum Gasteiger partial charge on any atom is 0.258 e. The molecule has 3 rings (SSSR count). The minimum Gasteiger partial charge on any atom is -0.493 e. The maximum atomic E-state index is 12.8. The molecule has 2 aromatic rings. The first-order valence-corrected chi connectivity index (χ1v) is 10.2. The summed E-state index contributed by atoms with van der Waals surface area (Å²) in [6.45, 7) is 3.78. The van der Waals surface area contributed by atoms with Gasteiger partial charge in [-0.2, -0.15) is 4.98 Å². The molecule has 0 bridgehead atoms. The van der Waals surface area contributed by atoms with Crippen LogP contribution in [0.2, 0.25) is 5.02 Å².